The summed E-state index contributed by atoms with van der Waals surface area (Å²) in [6.07, 6.45) is 6.78. The average Bonchev–Trinajstić information content (AvgIpc) is 2.79. The number of para-hydroxylation sites is 1. The molecule has 0 radical (unpaired) electrons. The van der Waals surface area contributed by atoms with Gasteiger partial charge in [0, 0.05) is 0 Å². The Morgan fingerprint density at radius 1 is 0.958 bits per heavy atom. The molecule has 0 spiro atoms. The second-order valence-corrected chi connectivity index (χ2v) is 67.2. The van der Waals surface area contributed by atoms with Gasteiger partial charge in [0.15, 0.2) is 0 Å². The van der Waals surface area contributed by atoms with E-state index < -0.39 is 8.44 Å². The molecule has 1 aliphatic carbocycles. The molecule has 1 aliphatic rings. The van der Waals surface area contributed by atoms with Crippen LogP contribution in [0, 0.1) is 0 Å². The Morgan fingerprint density at radius 3 is 1.96 bits per heavy atom. The molecule has 0 heterocycles. The van der Waals surface area contributed by atoms with Crippen LogP contribution in [0.2, 0.25) is 26.1 Å². The Hall–Kier alpha value is -0.206. The number of allylic oxidation sites excluding steroid dienone is 4. The summed E-state index contributed by atoms with van der Waals surface area (Å²) in [5.74, 6) is 0.739. The van der Waals surface area contributed by atoms with Gasteiger partial charge in [0.1, 0.15) is 0 Å². The maximum absolute atomic E-state index is 7.76. The van der Waals surface area contributed by atoms with Crippen LogP contribution in [0.1, 0.15) is 32.8 Å². The van der Waals surface area contributed by atoms with E-state index in [1.54, 1.807) is 0 Å². The van der Waals surface area contributed by atoms with E-state index in [1.165, 1.54) is 0 Å². The summed E-state index contributed by atoms with van der Waals surface area (Å²) < 4.78 is 7.89. The van der Waals surface area contributed by atoms with Crippen LogP contribution in [-0.4, -0.2) is 0 Å². The summed E-state index contributed by atoms with van der Waals surface area (Å²) in [4.78, 5) is 0. The van der Waals surface area contributed by atoms with Crippen molar-refractivity contribution in [3.05, 3.63) is 51.9 Å². The average molecular weight is 408 g/mol. The molecule has 0 unspecified atom stereocenters. The predicted octanol–water partition coefficient (Wildman–Crippen LogP) is 8.50. The molecular formula is C20H33Cl2OTi. The van der Waals surface area contributed by atoms with Crippen LogP contribution in [0.4, 0.5) is 0 Å². The second kappa shape index (κ2) is 3.03. The third-order valence-corrected chi connectivity index (χ3v) is 16.9. The number of rotatable bonds is 3. The van der Waals surface area contributed by atoms with Gasteiger partial charge in [-0.2, -0.15) is 0 Å². The normalized spacial score (nSPS) is 24.4. The van der Waals surface area contributed by atoms with Crippen LogP contribution < -0.4 is 3.32 Å². The Labute approximate surface area is 146 Å². The van der Waals surface area contributed by atoms with Gasteiger partial charge < -0.3 is 0 Å². The molecule has 0 bridgehead atoms. The third-order valence-electron chi connectivity index (χ3n) is 5.19. The molecule has 2 rings (SSSR count). The number of benzene rings is 1. The van der Waals surface area contributed by atoms with Gasteiger partial charge in [0.2, 0.25) is 0 Å². The fourth-order valence-corrected chi connectivity index (χ4v) is 11.9. The van der Waals surface area contributed by atoms with Crippen LogP contribution in [0.25, 0.3) is 0 Å². The quantitative estimate of drug-likeness (QED) is 0.456. The zero-order valence-electron chi connectivity index (χ0n) is 16.4. The summed E-state index contributed by atoms with van der Waals surface area (Å²) in [7, 11) is 9.10. The molecule has 0 N–H and O–H groups in total. The standard InChI is InChI=1S/C10H14O.C5H5.5CH3.2ClH.Ti/c1-10(2,3)8-6-4-5-7-9(8)11;1-2-4-5-3-1;;;;;;;;/h4-7,11H,1-3H3;1-3H,4H2;5*1H3;2*1H;/q;;;;;;;;;+3/p-3. The molecule has 4 heteroatoms. The first-order valence-corrected chi connectivity index (χ1v) is 22.4. The van der Waals surface area contributed by atoms with Crippen molar-refractivity contribution < 1.29 is 11.8 Å². The van der Waals surface area contributed by atoms with E-state index in [2.05, 4.69) is 32.9 Å². The monoisotopic (exact) mass is 407 g/mol. The van der Waals surface area contributed by atoms with Crippen molar-refractivity contribution in [1.29, 1.82) is 0 Å². The van der Waals surface area contributed by atoms with Crippen LogP contribution in [-0.2, 0) is 13.9 Å². The second-order valence-electron chi connectivity index (χ2n) is 14.8. The van der Waals surface area contributed by atoms with Crippen molar-refractivity contribution in [3.63, 3.8) is 0 Å². The number of hydrogen-bond donors (Lipinski definition) is 0. The van der Waals surface area contributed by atoms with Crippen LogP contribution in [0.15, 0.2) is 46.4 Å². The Balaban J connectivity index is 2.90. The molecule has 1 aromatic rings. The Bertz CT molecular complexity index is 847. The zero-order chi connectivity index (χ0) is 18.9. The van der Waals surface area contributed by atoms with Crippen molar-refractivity contribution in [2.45, 2.75) is 58.7 Å². The molecule has 0 aliphatic heterocycles. The van der Waals surface area contributed by atoms with Gasteiger partial charge in [-0.25, -0.2) is 0 Å². The van der Waals surface area contributed by atoms with Crippen LogP contribution >= 0.6 is 18.6 Å². The van der Waals surface area contributed by atoms with Crippen molar-refractivity contribution in [1.82, 2.24) is 0 Å². The molecule has 1 aromatic carbocycles. The SMILES string of the molecule is CC(C)(C)c1ccccc1[O][Ti]([CH3])([CH3])([CH3])([CH3])([CH3])([Cl])([Cl])[C]1=CC=CC1. The molecule has 0 amide bonds. The zero-order valence-corrected chi connectivity index (χ0v) is 19.5. The molecule has 0 saturated heterocycles. The van der Waals surface area contributed by atoms with Crippen molar-refractivity contribution >= 4 is 18.6 Å². The summed E-state index contributed by atoms with van der Waals surface area (Å²) in [5.41, 5.74) is 1.000. The van der Waals surface area contributed by atoms with E-state index in [9.17, 15) is 0 Å². The Morgan fingerprint density at radius 2 is 1.50 bits per heavy atom. The minimum atomic E-state index is -6.43. The van der Waals surface area contributed by atoms with Gasteiger partial charge in [-0.1, -0.05) is 0 Å². The molecule has 24 heavy (non-hydrogen) atoms. The Kier molecular flexibility index (Phi) is 2.54. The van der Waals surface area contributed by atoms with Crippen molar-refractivity contribution in [2.75, 3.05) is 0 Å². The maximum atomic E-state index is 7.76. The first kappa shape index (κ1) is 20.1. The number of hydrogen-bond acceptors (Lipinski definition) is 1. The van der Waals surface area contributed by atoms with Crippen LogP contribution in [0.5, 0.6) is 5.75 Å². The van der Waals surface area contributed by atoms with E-state index in [4.69, 9.17) is 21.9 Å². The van der Waals surface area contributed by atoms with Gasteiger partial charge >= 0.3 is 147 Å². The molecule has 137 valence electrons. The summed E-state index contributed by atoms with van der Waals surface area (Å²) in [6, 6.07) is 8.04. The van der Waals surface area contributed by atoms with E-state index in [-0.39, 0.29) is 5.41 Å². The number of halogens is 2. The summed E-state index contributed by atoms with van der Waals surface area (Å²) in [5, 5.41) is 9.66. The van der Waals surface area contributed by atoms with Gasteiger partial charge in [-0.15, -0.1) is 0 Å². The molecule has 0 aromatic heterocycles. The minimum absolute atomic E-state index is 0.0881. The van der Waals surface area contributed by atoms with E-state index in [0.717, 1.165) is 15.2 Å². The van der Waals surface area contributed by atoms with Gasteiger partial charge in [0.25, 0.3) is 0 Å². The van der Waals surface area contributed by atoms with Gasteiger partial charge in [-0.05, 0) is 0 Å². The van der Waals surface area contributed by atoms with E-state index in [1.807, 2.05) is 56.5 Å². The topological polar surface area (TPSA) is 9.23 Å². The third kappa shape index (κ3) is 3.80. The van der Waals surface area contributed by atoms with E-state index in [0.29, 0.717) is 6.42 Å². The summed E-state index contributed by atoms with van der Waals surface area (Å²) in [6.45, 7) is 6.49. The summed E-state index contributed by atoms with van der Waals surface area (Å²) >= 11 is 0. The predicted molar refractivity (Wildman–Crippen MR) is 109 cm³/mol. The van der Waals surface area contributed by atoms with Gasteiger partial charge in [0.05, 0.1) is 0 Å². The fourth-order valence-electron chi connectivity index (χ4n) is 3.52. The first-order chi connectivity index (χ1) is 9.92. The van der Waals surface area contributed by atoms with Crippen molar-refractivity contribution in [2.24, 2.45) is 0 Å². The first-order valence-electron chi connectivity index (χ1n) is 8.83. The van der Waals surface area contributed by atoms with Gasteiger partial charge in [-0.3, -0.25) is 0 Å². The molecule has 0 fully saturated rings. The van der Waals surface area contributed by atoms with Crippen LogP contribution in [0.3, 0.4) is 0 Å². The molecule has 0 saturated carbocycles. The fraction of sp³-hybridized carbons (Fsp3) is 0.500. The molecule has 0 atom stereocenters. The van der Waals surface area contributed by atoms with E-state index >= 15 is 0 Å². The molecular weight excluding hydrogens is 375 g/mol. The van der Waals surface area contributed by atoms with Crippen molar-refractivity contribution in [3.8, 4) is 5.75 Å². The molecule has 1 nitrogen and oxygen atoms in total.